The number of hydrogen-bond acceptors (Lipinski definition) is 4. The largest absolute Gasteiger partial charge is 0.309 e. The van der Waals surface area contributed by atoms with E-state index >= 15 is 0 Å². The van der Waals surface area contributed by atoms with Crippen LogP contribution in [0.1, 0.15) is 11.1 Å². The third-order valence-corrected chi connectivity index (χ3v) is 16.7. The SMILES string of the molecule is N#Cc1cc(C#N)cc(-c2ccc3c(c2)c2ccccc2n3-c2c(-c3ccccc3-n3c4ccccc4c4ccccc43)cc(-c3cc(-c4ccccc4)nc(-c4ccccc4)n3)cc2-c2ccccc2-n2c3ccccc3c3ccccc32)c1. The molecule has 7 nitrogen and oxygen atoms in total. The number of rotatable bonds is 9. The van der Waals surface area contributed by atoms with Gasteiger partial charge < -0.3 is 13.7 Å². The van der Waals surface area contributed by atoms with Gasteiger partial charge in [0.1, 0.15) is 0 Å². The molecule has 7 heteroatoms. The molecule has 394 valence electrons. The van der Waals surface area contributed by atoms with E-state index < -0.39 is 0 Å². The fourth-order valence-corrected chi connectivity index (χ4v) is 13.0. The van der Waals surface area contributed by atoms with E-state index in [1.54, 1.807) is 6.07 Å². The molecule has 0 N–H and O–H groups in total. The van der Waals surface area contributed by atoms with E-state index in [0.29, 0.717) is 17.0 Å². The molecule has 16 aromatic rings. The smallest absolute Gasteiger partial charge is 0.160 e. The first-order chi connectivity index (χ1) is 42.1. The maximum absolute atomic E-state index is 10.1. The lowest BCUT2D eigenvalue weighted by Crippen LogP contribution is -2.06. The maximum atomic E-state index is 10.1. The summed E-state index contributed by atoms with van der Waals surface area (Å²) in [5, 5.41) is 27.0. The lowest BCUT2D eigenvalue weighted by molar-refractivity contribution is 1.15. The zero-order valence-corrected chi connectivity index (χ0v) is 45.8. The number of fused-ring (bicyclic) bond motifs is 9. The molecular formula is C78H47N7. The summed E-state index contributed by atoms with van der Waals surface area (Å²) in [5.74, 6) is 0.626. The van der Waals surface area contributed by atoms with Crippen LogP contribution < -0.4 is 0 Å². The van der Waals surface area contributed by atoms with E-state index in [9.17, 15) is 10.5 Å². The Hall–Kier alpha value is -11.9. The molecule has 0 saturated heterocycles. The van der Waals surface area contributed by atoms with Crippen LogP contribution in [-0.4, -0.2) is 23.7 Å². The summed E-state index contributed by atoms with van der Waals surface area (Å²) in [4.78, 5) is 10.9. The van der Waals surface area contributed by atoms with Gasteiger partial charge in [-0.1, -0.05) is 194 Å². The number of aromatic nitrogens is 5. The second kappa shape index (κ2) is 20.0. The van der Waals surface area contributed by atoms with Crippen LogP contribution in [0.4, 0.5) is 0 Å². The Morgan fingerprint density at radius 3 is 1.13 bits per heavy atom. The minimum Gasteiger partial charge on any atom is -0.309 e. The van der Waals surface area contributed by atoms with Crippen LogP contribution in [0.3, 0.4) is 0 Å². The average Bonchev–Trinajstić information content (AvgIpc) is 2.42. The second-order valence-corrected chi connectivity index (χ2v) is 21.5. The number of hydrogen-bond donors (Lipinski definition) is 0. The highest BCUT2D eigenvalue weighted by molar-refractivity contribution is 6.14. The van der Waals surface area contributed by atoms with Crippen molar-refractivity contribution in [2.45, 2.75) is 0 Å². The molecule has 0 saturated carbocycles. The molecule has 4 heterocycles. The number of nitriles is 2. The highest BCUT2D eigenvalue weighted by Crippen LogP contribution is 2.49. The van der Waals surface area contributed by atoms with E-state index in [1.165, 1.54) is 21.5 Å². The quantitative estimate of drug-likeness (QED) is 0.144. The predicted octanol–water partition coefficient (Wildman–Crippen LogP) is 19.5. The van der Waals surface area contributed by atoms with Crippen molar-refractivity contribution in [1.29, 1.82) is 10.5 Å². The molecule has 0 spiro atoms. The van der Waals surface area contributed by atoms with E-state index in [2.05, 4.69) is 268 Å². The van der Waals surface area contributed by atoms with Gasteiger partial charge in [0.15, 0.2) is 5.82 Å². The first-order valence-electron chi connectivity index (χ1n) is 28.4. The van der Waals surface area contributed by atoms with Crippen molar-refractivity contribution in [3.8, 4) is 96.5 Å². The fourth-order valence-electron chi connectivity index (χ4n) is 13.0. The standard InChI is InChI=1S/C78H47N7/c79-48-50-41-51(49-80)43-55(42-50)54-39-40-76-64(44-54)61-29-11-20-38-75(61)85(76)77-65(62-30-12-18-36-73(62)83-69-32-14-7-25-57(69)58-26-8-15-33-70(58)83)45-56(68-47-67(52-21-3-1-4-22-52)81-78(82-68)53-23-5-2-6-24-53)46-66(77)63-31-13-19-37-74(63)84-71-34-16-9-27-59(71)60-28-10-17-35-72(60)84/h1-47H. The van der Waals surface area contributed by atoms with Crippen molar-refractivity contribution in [3.05, 3.63) is 296 Å². The molecule has 16 rings (SSSR count). The molecule has 0 aliphatic carbocycles. The van der Waals surface area contributed by atoms with Crippen LogP contribution in [0.25, 0.3) is 150 Å². The fraction of sp³-hybridized carbons (Fsp3) is 0. The van der Waals surface area contributed by atoms with Gasteiger partial charge in [0.2, 0.25) is 0 Å². The highest BCUT2D eigenvalue weighted by Gasteiger charge is 2.27. The number of benzene rings is 12. The Kier molecular flexibility index (Phi) is 11.5. The van der Waals surface area contributed by atoms with Gasteiger partial charge in [-0.15, -0.1) is 0 Å². The molecule has 0 bridgehead atoms. The Labute approximate surface area is 489 Å². The second-order valence-electron chi connectivity index (χ2n) is 21.5. The van der Waals surface area contributed by atoms with Gasteiger partial charge in [-0.2, -0.15) is 10.5 Å². The predicted molar refractivity (Wildman–Crippen MR) is 347 cm³/mol. The molecule has 4 aromatic heterocycles. The summed E-state index contributed by atoms with van der Waals surface area (Å²) in [6.07, 6.45) is 0. The van der Waals surface area contributed by atoms with Gasteiger partial charge in [-0.25, -0.2) is 9.97 Å². The summed E-state index contributed by atoms with van der Waals surface area (Å²) >= 11 is 0. The molecule has 0 atom stereocenters. The van der Waals surface area contributed by atoms with E-state index in [-0.39, 0.29) is 0 Å². The van der Waals surface area contributed by atoms with Crippen molar-refractivity contribution in [2.75, 3.05) is 0 Å². The molecule has 0 aliphatic heterocycles. The van der Waals surface area contributed by atoms with Crippen LogP contribution in [0, 0.1) is 22.7 Å². The van der Waals surface area contributed by atoms with Gasteiger partial charge >= 0.3 is 0 Å². The topological polar surface area (TPSA) is 88.2 Å². The van der Waals surface area contributed by atoms with Gasteiger partial charge in [0.05, 0.1) is 84.8 Å². The Bertz CT molecular complexity index is 5080. The first kappa shape index (κ1) is 49.0. The Balaban J connectivity index is 1.09. The Morgan fingerprint density at radius 2 is 0.647 bits per heavy atom. The summed E-state index contributed by atoms with van der Waals surface area (Å²) in [7, 11) is 0. The van der Waals surface area contributed by atoms with E-state index in [4.69, 9.17) is 9.97 Å². The van der Waals surface area contributed by atoms with Gasteiger partial charge in [-0.05, 0) is 102 Å². The van der Waals surface area contributed by atoms with Gasteiger partial charge in [0, 0.05) is 71.3 Å². The van der Waals surface area contributed by atoms with Crippen molar-refractivity contribution >= 4 is 65.4 Å². The molecule has 12 aromatic carbocycles. The highest BCUT2D eigenvalue weighted by atomic mass is 15.0. The minimum absolute atomic E-state index is 0.435. The number of para-hydroxylation sites is 7. The molecular weight excluding hydrogens is 1030 g/mol. The molecule has 0 fully saturated rings. The zero-order valence-electron chi connectivity index (χ0n) is 45.8. The van der Waals surface area contributed by atoms with Crippen molar-refractivity contribution in [3.63, 3.8) is 0 Å². The average molecular weight is 1080 g/mol. The van der Waals surface area contributed by atoms with Crippen LogP contribution in [0.15, 0.2) is 285 Å². The molecule has 0 radical (unpaired) electrons. The molecule has 0 amide bonds. The lowest BCUT2D eigenvalue weighted by Gasteiger charge is -2.24. The lowest BCUT2D eigenvalue weighted by atomic mass is 9.90. The van der Waals surface area contributed by atoms with Crippen molar-refractivity contribution in [1.82, 2.24) is 23.7 Å². The van der Waals surface area contributed by atoms with Gasteiger partial charge in [0.25, 0.3) is 0 Å². The monoisotopic (exact) mass is 1080 g/mol. The van der Waals surface area contributed by atoms with Crippen molar-refractivity contribution < 1.29 is 0 Å². The minimum atomic E-state index is 0.435. The number of nitrogens with zero attached hydrogens (tertiary/aromatic N) is 7. The maximum Gasteiger partial charge on any atom is 0.160 e. The third kappa shape index (κ3) is 8.03. The zero-order chi connectivity index (χ0) is 56.5. The van der Waals surface area contributed by atoms with Crippen LogP contribution in [0.5, 0.6) is 0 Å². The van der Waals surface area contributed by atoms with Gasteiger partial charge in [-0.3, -0.25) is 0 Å². The first-order valence-corrected chi connectivity index (χ1v) is 28.4. The van der Waals surface area contributed by atoms with Crippen molar-refractivity contribution in [2.24, 2.45) is 0 Å². The third-order valence-electron chi connectivity index (χ3n) is 16.7. The molecule has 85 heavy (non-hydrogen) atoms. The molecule has 0 unspecified atom stereocenters. The van der Waals surface area contributed by atoms with Crippen LogP contribution >= 0.6 is 0 Å². The normalized spacial score (nSPS) is 11.5. The summed E-state index contributed by atoms with van der Waals surface area (Å²) in [6.45, 7) is 0. The van der Waals surface area contributed by atoms with Crippen LogP contribution in [0.2, 0.25) is 0 Å². The summed E-state index contributed by atoms with van der Waals surface area (Å²) < 4.78 is 7.32. The van der Waals surface area contributed by atoms with E-state index in [0.717, 1.165) is 122 Å². The molecule has 0 aliphatic rings. The summed E-state index contributed by atoms with van der Waals surface area (Å²) in [6, 6.07) is 105. The Morgan fingerprint density at radius 1 is 0.259 bits per heavy atom. The van der Waals surface area contributed by atoms with E-state index in [1.807, 2.05) is 36.4 Å². The van der Waals surface area contributed by atoms with Crippen LogP contribution in [-0.2, 0) is 0 Å². The summed E-state index contributed by atoms with van der Waals surface area (Å²) in [5.41, 5.74) is 20.4.